The van der Waals surface area contributed by atoms with E-state index in [1.54, 1.807) is 12.4 Å². The van der Waals surface area contributed by atoms with Crippen molar-refractivity contribution < 1.29 is 4.42 Å². The number of para-hydroxylation sites is 1. The molecule has 0 radical (unpaired) electrons. The number of benzene rings is 1. The van der Waals surface area contributed by atoms with Gasteiger partial charge in [0.15, 0.2) is 5.96 Å². The van der Waals surface area contributed by atoms with E-state index in [4.69, 9.17) is 4.42 Å². The molecule has 1 fully saturated rings. The van der Waals surface area contributed by atoms with Crippen molar-refractivity contribution in [3.8, 4) is 0 Å². The highest BCUT2D eigenvalue weighted by atomic mass is 127. The van der Waals surface area contributed by atoms with Crippen molar-refractivity contribution in [2.45, 2.75) is 6.54 Å². The van der Waals surface area contributed by atoms with Gasteiger partial charge >= 0.3 is 0 Å². The van der Waals surface area contributed by atoms with Crippen LogP contribution in [0.15, 0.2) is 58.2 Å². The van der Waals surface area contributed by atoms with E-state index in [9.17, 15) is 0 Å². The highest BCUT2D eigenvalue weighted by Gasteiger charge is 2.21. The lowest BCUT2D eigenvalue weighted by atomic mass is 10.2. The van der Waals surface area contributed by atoms with Crippen LogP contribution in [0.1, 0.15) is 5.76 Å². The monoisotopic (exact) mass is 478 g/mol. The third-order valence-corrected chi connectivity index (χ3v) is 4.52. The second kappa shape index (κ2) is 9.03. The SMILES string of the molecule is CN=C(NCc1cc2ccccc2o1)N1CCN(c2ncccn2)CC1.I. The molecular formula is C19H23IN6O. The van der Waals surface area contributed by atoms with Gasteiger partial charge in [-0.05, 0) is 18.2 Å². The van der Waals surface area contributed by atoms with Gasteiger partial charge in [0.05, 0.1) is 6.54 Å². The molecule has 8 heteroatoms. The van der Waals surface area contributed by atoms with Gasteiger partial charge in [0.2, 0.25) is 5.95 Å². The Morgan fingerprint density at radius 3 is 2.56 bits per heavy atom. The molecule has 3 aromatic rings. The van der Waals surface area contributed by atoms with Gasteiger partial charge in [-0.2, -0.15) is 0 Å². The first-order chi connectivity index (χ1) is 12.8. The summed E-state index contributed by atoms with van der Waals surface area (Å²) in [5, 5.41) is 4.52. The third-order valence-electron chi connectivity index (χ3n) is 4.52. The predicted molar refractivity (Wildman–Crippen MR) is 118 cm³/mol. The smallest absolute Gasteiger partial charge is 0.225 e. The van der Waals surface area contributed by atoms with E-state index in [-0.39, 0.29) is 24.0 Å². The van der Waals surface area contributed by atoms with Gasteiger partial charge in [0, 0.05) is 51.0 Å². The fourth-order valence-corrected chi connectivity index (χ4v) is 3.20. The van der Waals surface area contributed by atoms with Crippen LogP contribution in [0.3, 0.4) is 0 Å². The number of furan rings is 1. The van der Waals surface area contributed by atoms with Crippen LogP contribution >= 0.6 is 24.0 Å². The number of aromatic nitrogens is 2. The Balaban J connectivity index is 0.00000210. The molecule has 3 heterocycles. The minimum absolute atomic E-state index is 0. The molecule has 0 bridgehead atoms. The quantitative estimate of drug-likeness (QED) is 0.355. The topological polar surface area (TPSA) is 69.8 Å². The maximum atomic E-state index is 5.86. The van der Waals surface area contributed by atoms with Crippen LogP contribution in [0.2, 0.25) is 0 Å². The van der Waals surface area contributed by atoms with E-state index in [0.717, 1.165) is 54.8 Å². The van der Waals surface area contributed by atoms with E-state index in [2.05, 4.69) is 42.2 Å². The molecule has 1 N–H and O–H groups in total. The summed E-state index contributed by atoms with van der Waals surface area (Å²) in [5.74, 6) is 2.58. The van der Waals surface area contributed by atoms with Crippen molar-refractivity contribution in [2.75, 3.05) is 38.1 Å². The molecule has 0 amide bonds. The minimum atomic E-state index is 0. The maximum absolute atomic E-state index is 5.86. The van der Waals surface area contributed by atoms with Crippen molar-refractivity contribution in [1.29, 1.82) is 0 Å². The fraction of sp³-hybridized carbons (Fsp3) is 0.316. The molecule has 0 spiro atoms. The van der Waals surface area contributed by atoms with Crippen molar-refractivity contribution in [1.82, 2.24) is 20.2 Å². The average Bonchev–Trinajstić information content (AvgIpc) is 3.12. The third kappa shape index (κ3) is 4.49. The number of halogens is 1. The van der Waals surface area contributed by atoms with E-state index >= 15 is 0 Å². The molecule has 0 unspecified atom stereocenters. The van der Waals surface area contributed by atoms with Gasteiger partial charge in [0.25, 0.3) is 0 Å². The molecule has 4 rings (SSSR count). The van der Waals surface area contributed by atoms with Gasteiger partial charge in [0.1, 0.15) is 11.3 Å². The van der Waals surface area contributed by atoms with Gasteiger partial charge in [-0.3, -0.25) is 4.99 Å². The molecule has 0 saturated carbocycles. The summed E-state index contributed by atoms with van der Waals surface area (Å²) in [7, 11) is 1.81. The molecule has 1 aliphatic heterocycles. The molecule has 1 aliphatic rings. The molecule has 0 atom stereocenters. The maximum Gasteiger partial charge on any atom is 0.225 e. The van der Waals surface area contributed by atoms with Crippen molar-refractivity contribution in [3.63, 3.8) is 0 Å². The largest absolute Gasteiger partial charge is 0.459 e. The van der Waals surface area contributed by atoms with E-state index in [1.165, 1.54) is 0 Å². The number of piperazine rings is 1. The van der Waals surface area contributed by atoms with Crippen LogP contribution in [0.4, 0.5) is 5.95 Å². The van der Waals surface area contributed by atoms with Gasteiger partial charge in [-0.15, -0.1) is 24.0 Å². The van der Waals surface area contributed by atoms with Gasteiger partial charge in [-0.1, -0.05) is 18.2 Å². The Morgan fingerprint density at radius 1 is 1.11 bits per heavy atom. The molecule has 7 nitrogen and oxygen atoms in total. The highest BCUT2D eigenvalue weighted by Crippen LogP contribution is 2.18. The molecule has 142 valence electrons. The minimum Gasteiger partial charge on any atom is -0.459 e. The number of guanidine groups is 1. The lowest BCUT2D eigenvalue weighted by Gasteiger charge is -2.36. The molecular weight excluding hydrogens is 455 g/mol. The number of rotatable bonds is 3. The number of hydrogen-bond acceptors (Lipinski definition) is 5. The summed E-state index contributed by atoms with van der Waals surface area (Å²) in [6, 6.07) is 12.0. The number of nitrogens with one attached hydrogen (secondary N) is 1. The Kier molecular flexibility index (Phi) is 6.49. The number of fused-ring (bicyclic) bond motifs is 1. The Labute approximate surface area is 175 Å². The highest BCUT2D eigenvalue weighted by molar-refractivity contribution is 14.0. The molecule has 2 aromatic heterocycles. The number of aliphatic imine (C=N–C) groups is 1. The zero-order valence-electron chi connectivity index (χ0n) is 15.2. The Morgan fingerprint density at radius 2 is 1.85 bits per heavy atom. The lowest BCUT2D eigenvalue weighted by molar-refractivity contribution is 0.368. The van der Waals surface area contributed by atoms with E-state index in [0.29, 0.717) is 6.54 Å². The number of hydrogen-bond donors (Lipinski definition) is 1. The van der Waals surface area contributed by atoms with E-state index < -0.39 is 0 Å². The zero-order valence-corrected chi connectivity index (χ0v) is 17.5. The first-order valence-corrected chi connectivity index (χ1v) is 8.78. The van der Waals surface area contributed by atoms with Crippen LogP contribution in [0.25, 0.3) is 11.0 Å². The standard InChI is InChI=1S/C19H22N6O.HI/c1-20-18(23-14-16-13-15-5-2-3-6-17(15)26-16)24-9-11-25(12-10-24)19-21-7-4-8-22-19;/h2-8,13H,9-12,14H2,1H3,(H,20,23);1H. The predicted octanol–water partition coefficient (Wildman–Crippen LogP) is 2.74. The summed E-state index contributed by atoms with van der Waals surface area (Å²) in [5.41, 5.74) is 0.913. The summed E-state index contributed by atoms with van der Waals surface area (Å²) in [6.07, 6.45) is 3.56. The number of anilines is 1. The normalized spacial score (nSPS) is 14.9. The summed E-state index contributed by atoms with van der Waals surface area (Å²) >= 11 is 0. The lowest BCUT2D eigenvalue weighted by Crippen LogP contribution is -2.52. The van der Waals surface area contributed by atoms with Crippen LogP contribution in [-0.2, 0) is 6.54 Å². The summed E-state index contributed by atoms with van der Waals surface area (Å²) in [6.45, 7) is 4.10. The van der Waals surface area contributed by atoms with Crippen molar-refractivity contribution >= 4 is 46.9 Å². The molecule has 27 heavy (non-hydrogen) atoms. The summed E-state index contributed by atoms with van der Waals surface area (Å²) in [4.78, 5) is 17.5. The average molecular weight is 478 g/mol. The number of nitrogens with zero attached hydrogens (tertiary/aromatic N) is 5. The van der Waals surface area contributed by atoms with Crippen LogP contribution in [0.5, 0.6) is 0 Å². The second-order valence-electron chi connectivity index (χ2n) is 6.17. The Bertz CT molecular complexity index is 856. The summed E-state index contributed by atoms with van der Waals surface area (Å²) < 4.78 is 5.86. The van der Waals surface area contributed by atoms with Crippen LogP contribution in [-0.4, -0.2) is 54.1 Å². The van der Waals surface area contributed by atoms with Crippen LogP contribution in [0, 0.1) is 0 Å². The molecule has 1 saturated heterocycles. The van der Waals surface area contributed by atoms with E-state index in [1.807, 2.05) is 31.3 Å². The molecule has 0 aliphatic carbocycles. The molecule has 1 aromatic carbocycles. The van der Waals surface area contributed by atoms with Crippen molar-refractivity contribution in [3.05, 3.63) is 54.6 Å². The van der Waals surface area contributed by atoms with Crippen molar-refractivity contribution in [2.24, 2.45) is 4.99 Å². The zero-order chi connectivity index (χ0) is 17.8. The first-order valence-electron chi connectivity index (χ1n) is 8.78. The first kappa shape index (κ1) is 19.4. The fourth-order valence-electron chi connectivity index (χ4n) is 3.20. The van der Waals surface area contributed by atoms with Gasteiger partial charge in [-0.25, -0.2) is 9.97 Å². The van der Waals surface area contributed by atoms with Crippen LogP contribution < -0.4 is 10.2 Å². The second-order valence-corrected chi connectivity index (χ2v) is 6.17. The Hall–Kier alpha value is -2.36. The van der Waals surface area contributed by atoms with Gasteiger partial charge < -0.3 is 19.5 Å².